The lowest BCUT2D eigenvalue weighted by Gasteiger charge is -2.28. The fourth-order valence-corrected chi connectivity index (χ4v) is 1.84. The van der Waals surface area contributed by atoms with Gasteiger partial charge in [0.15, 0.2) is 0 Å². The average molecular weight is 261 g/mol. The summed E-state index contributed by atoms with van der Waals surface area (Å²) >= 11 is 0. The number of carboxylic acids is 1. The molecule has 0 saturated heterocycles. The van der Waals surface area contributed by atoms with E-state index in [4.69, 9.17) is 15.6 Å². The maximum absolute atomic E-state index is 12.9. The van der Waals surface area contributed by atoms with E-state index in [2.05, 4.69) is 0 Å². The van der Waals surface area contributed by atoms with Crippen LogP contribution in [0.4, 0.5) is 13.2 Å². The first-order valence-electron chi connectivity index (χ1n) is 5.12. The lowest BCUT2D eigenvalue weighted by atomic mass is 9.89. The van der Waals surface area contributed by atoms with Gasteiger partial charge in [-0.3, -0.25) is 0 Å². The van der Waals surface area contributed by atoms with E-state index < -0.39 is 23.2 Å². The Morgan fingerprint density at radius 2 is 2.06 bits per heavy atom. The van der Waals surface area contributed by atoms with Crippen LogP contribution in [0.5, 0.6) is 5.75 Å². The van der Waals surface area contributed by atoms with Gasteiger partial charge in [0.1, 0.15) is 5.75 Å². The topological polar surface area (TPSA) is 72.6 Å². The Morgan fingerprint density at radius 3 is 2.61 bits per heavy atom. The summed E-state index contributed by atoms with van der Waals surface area (Å²) in [5.41, 5.74) is 1.71. The van der Waals surface area contributed by atoms with Crippen molar-refractivity contribution in [1.29, 1.82) is 0 Å². The van der Waals surface area contributed by atoms with E-state index in [0.29, 0.717) is 24.3 Å². The molecule has 1 heterocycles. The SMILES string of the molecule is NC(C(=O)O)(c1ccc2c(c1)CCO2)C(F)(F)F. The fraction of sp³-hybridized carbons (Fsp3) is 0.364. The zero-order valence-electron chi connectivity index (χ0n) is 9.12. The molecule has 1 aliphatic heterocycles. The van der Waals surface area contributed by atoms with Gasteiger partial charge in [-0.15, -0.1) is 0 Å². The van der Waals surface area contributed by atoms with Crippen LogP contribution in [0, 0.1) is 0 Å². The molecule has 1 aromatic rings. The van der Waals surface area contributed by atoms with E-state index in [0.717, 1.165) is 12.1 Å². The van der Waals surface area contributed by atoms with E-state index in [1.807, 2.05) is 0 Å². The largest absolute Gasteiger partial charge is 0.493 e. The number of carbonyl (C=O) groups is 1. The first-order chi connectivity index (χ1) is 8.26. The van der Waals surface area contributed by atoms with Gasteiger partial charge in [0.2, 0.25) is 5.54 Å². The van der Waals surface area contributed by atoms with Gasteiger partial charge in [-0.05, 0) is 23.3 Å². The number of rotatable bonds is 2. The van der Waals surface area contributed by atoms with Gasteiger partial charge in [0, 0.05) is 6.42 Å². The molecule has 1 unspecified atom stereocenters. The van der Waals surface area contributed by atoms with Crippen molar-refractivity contribution in [3.8, 4) is 5.75 Å². The van der Waals surface area contributed by atoms with Crippen molar-refractivity contribution in [2.24, 2.45) is 5.73 Å². The molecule has 18 heavy (non-hydrogen) atoms. The normalized spacial score (nSPS) is 17.8. The lowest BCUT2D eigenvalue weighted by Crippen LogP contribution is -2.56. The van der Waals surface area contributed by atoms with Gasteiger partial charge in [0.25, 0.3) is 0 Å². The van der Waals surface area contributed by atoms with Crippen LogP contribution in [0.2, 0.25) is 0 Å². The summed E-state index contributed by atoms with van der Waals surface area (Å²) in [4.78, 5) is 10.9. The number of ether oxygens (including phenoxy) is 1. The molecule has 0 aromatic heterocycles. The van der Waals surface area contributed by atoms with Crippen molar-refractivity contribution < 1.29 is 27.8 Å². The number of carboxylic acid groups (broad SMARTS) is 1. The maximum Gasteiger partial charge on any atom is 0.421 e. The molecule has 0 amide bonds. The Labute approximate surface area is 100 Å². The standard InChI is InChI=1S/C11H10F3NO3/c12-11(13,14)10(15,9(16)17)7-1-2-8-6(5-7)3-4-18-8/h1-2,5H,3-4,15H2,(H,16,17). The van der Waals surface area contributed by atoms with E-state index in [1.54, 1.807) is 0 Å². The second-order valence-electron chi connectivity index (χ2n) is 4.03. The first kappa shape index (κ1) is 12.7. The number of alkyl halides is 3. The van der Waals surface area contributed by atoms with Crippen LogP contribution in [-0.4, -0.2) is 23.9 Å². The summed E-state index contributed by atoms with van der Waals surface area (Å²) in [7, 11) is 0. The zero-order valence-corrected chi connectivity index (χ0v) is 9.12. The smallest absolute Gasteiger partial charge is 0.421 e. The summed E-state index contributed by atoms with van der Waals surface area (Å²) in [6, 6.07) is 3.49. The van der Waals surface area contributed by atoms with Crippen LogP contribution in [0.1, 0.15) is 11.1 Å². The molecule has 1 atom stereocenters. The number of aliphatic carboxylic acids is 1. The highest BCUT2D eigenvalue weighted by atomic mass is 19.4. The summed E-state index contributed by atoms with van der Waals surface area (Å²) in [6.45, 7) is 0.370. The van der Waals surface area contributed by atoms with Gasteiger partial charge in [-0.1, -0.05) is 6.07 Å². The second-order valence-corrected chi connectivity index (χ2v) is 4.03. The van der Waals surface area contributed by atoms with E-state index in [1.165, 1.54) is 6.07 Å². The van der Waals surface area contributed by atoms with Crippen molar-refractivity contribution in [2.45, 2.75) is 18.1 Å². The predicted molar refractivity (Wildman–Crippen MR) is 55.2 cm³/mol. The summed E-state index contributed by atoms with van der Waals surface area (Å²) in [6.07, 6.45) is -4.64. The van der Waals surface area contributed by atoms with Crippen LogP contribution in [0.3, 0.4) is 0 Å². The highest BCUT2D eigenvalue weighted by Crippen LogP contribution is 2.39. The van der Waals surface area contributed by atoms with Crippen molar-refractivity contribution in [2.75, 3.05) is 6.61 Å². The van der Waals surface area contributed by atoms with E-state index >= 15 is 0 Å². The van der Waals surface area contributed by atoms with Crippen molar-refractivity contribution in [3.63, 3.8) is 0 Å². The molecule has 0 bridgehead atoms. The summed E-state index contributed by atoms with van der Waals surface area (Å²) < 4.78 is 43.7. The van der Waals surface area contributed by atoms with Gasteiger partial charge in [-0.2, -0.15) is 13.2 Å². The third-order valence-corrected chi connectivity index (χ3v) is 2.93. The van der Waals surface area contributed by atoms with Crippen LogP contribution in [-0.2, 0) is 16.8 Å². The Kier molecular flexibility index (Phi) is 2.73. The van der Waals surface area contributed by atoms with Crippen LogP contribution in [0.15, 0.2) is 18.2 Å². The molecule has 7 heteroatoms. The van der Waals surface area contributed by atoms with Crippen LogP contribution < -0.4 is 10.5 Å². The Morgan fingerprint density at radius 1 is 1.39 bits per heavy atom. The summed E-state index contributed by atoms with van der Waals surface area (Å²) in [5.74, 6) is -1.66. The Hall–Kier alpha value is -1.76. The second kappa shape index (κ2) is 3.88. The molecule has 1 aliphatic rings. The van der Waals surface area contributed by atoms with E-state index in [-0.39, 0.29) is 0 Å². The van der Waals surface area contributed by atoms with Gasteiger partial charge in [0.05, 0.1) is 6.61 Å². The van der Waals surface area contributed by atoms with Gasteiger partial charge >= 0.3 is 12.1 Å². The number of nitrogens with two attached hydrogens (primary N) is 1. The lowest BCUT2D eigenvalue weighted by molar-refractivity contribution is -0.204. The minimum atomic E-state index is -5.08. The Balaban J connectivity index is 2.54. The number of hydrogen-bond donors (Lipinski definition) is 2. The number of fused-ring (bicyclic) bond motifs is 1. The number of halogens is 3. The summed E-state index contributed by atoms with van der Waals surface area (Å²) in [5, 5.41) is 8.79. The maximum atomic E-state index is 12.9. The molecule has 3 N–H and O–H groups in total. The first-order valence-corrected chi connectivity index (χ1v) is 5.12. The molecule has 2 rings (SSSR count). The molecule has 0 saturated carbocycles. The van der Waals surface area contributed by atoms with Crippen LogP contribution >= 0.6 is 0 Å². The van der Waals surface area contributed by atoms with Crippen molar-refractivity contribution in [1.82, 2.24) is 0 Å². The minimum absolute atomic E-state index is 0.370. The molecule has 0 radical (unpaired) electrons. The Bertz CT molecular complexity index is 501. The molecule has 4 nitrogen and oxygen atoms in total. The van der Waals surface area contributed by atoms with E-state index in [9.17, 15) is 18.0 Å². The molecule has 0 aliphatic carbocycles. The fourth-order valence-electron chi connectivity index (χ4n) is 1.84. The quantitative estimate of drug-likeness (QED) is 0.844. The monoisotopic (exact) mass is 261 g/mol. The molecule has 1 aromatic carbocycles. The average Bonchev–Trinajstić information content (AvgIpc) is 2.72. The van der Waals surface area contributed by atoms with Crippen molar-refractivity contribution in [3.05, 3.63) is 29.3 Å². The van der Waals surface area contributed by atoms with Gasteiger partial charge < -0.3 is 15.6 Å². The molecule has 0 fully saturated rings. The third-order valence-electron chi connectivity index (χ3n) is 2.93. The predicted octanol–water partition coefficient (Wildman–Crippen LogP) is 1.42. The molecular weight excluding hydrogens is 251 g/mol. The van der Waals surface area contributed by atoms with Crippen molar-refractivity contribution >= 4 is 5.97 Å². The highest BCUT2D eigenvalue weighted by molar-refractivity contribution is 5.82. The zero-order chi connectivity index (χ0) is 13.6. The third kappa shape index (κ3) is 1.71. The number of benzene rings is 1. The molecule has 98 valence electrons. The van der Waals surface area contributed by atoms with Gasteiger partial charge in [-0.25, -0.2) is 4.79 Å². The minimum Gasteiger partial charge on any atom is -0.493 e. The molecular formula is C11H10F3NO3. The van der Waals surface area contributed by atoms with Crippen LogP contribution in [0.25, 0.3) is 0 Å². The highest BCUT2D eigenvalue weighted by Gasteiger charge is 2.59. The number of hydrogen-bond acceptors (Lipinski definition) is 3. The molecule has 0 spiro atoms.